The molecule has 0 aliphatic carbocycles. The minimum atomic E-state index is -0.514. The number of rotatable bonds is 2. The van der Waals surface area contributed by atoms with Crippen LogP contribution < -0.4 is 10.2 Å². The minimum Gasteiger partial charge on any atom is -0.317 e. The highest BCUT2D eigenvalue weighted by Crippen LogP contribution is 2.50. The predicted octanol–water partition coefficient (Wildman–Crippen LogP) is 2.06. The van der Waals surface area contributed by atoms with Crippen molar-refractivity contribution in [1.29, 1.82) is 0 Å². The van der Waals surface area contributed by atoms with Crippen LogP contribution in [0.1, 0.15) is 18.4 Å². The number of piperidine rings is 1. The van der Waals surface area contributed by atoms with Gasteiger partial charge in [-0.25, -0.2) is 15.0 Å². The lowest BCUT2D eigenvalue weighted by Gasteiger charge is -2.32. The average Bonchev–Trinajstić information content (AvgIpc) is 3.44. The molecule has 6 rings (SSSR count). The number of aryl methyl sites for hydroxylation is 2. The Hall–Kier alpha value is -3.59. The van der Waals surface area contributed by atoms with Crippen LogP contribution in [0.4, 0.5) is 11.5 Å². The Morgan fingerprint density at radius 3 is 2.68 bits per heavy atom. The van der Waals surface area contributed by atoms with Crippen LogP contribution in [0.3, 0.4) is 0 Å². The molecule has 0 atom stereocenters. The van der Waals surface area contributed by atoms with Crippen molar-refractivity contribution in [2.24, 2.45) is 14.1 Å². The largest absolute Gasteiger partial charge is 0.317 e. The number of aromatic nitrogens is 6. The molecule has 2 aliphatic rings. The molecule has 1 amide bonds. The van der Waals surface area contributed by atoms with Gasteiger partial charge in [0.2, 0.25) is 5.91 Å². The Morgan fingerprint density at radius 1 is 1.10 bits per heavy atom. The summed E-state index contributed by atoms with van der Waals surface area (Å²) in [6, 6.07) is 8.06. The summed E-state index contributed by atoms with van der Waals surface area (Å²) in [4.78, 5) is 29.6. The number of benzene rings is 1. The Kier molecular flexibility index (Phi) is 3.79. The fraction of sp³-hybridized carbons (Fsp3) is 0.318. The first-order valence-corrected chi connectivity index (χ1v) is 10.4. The number of nitrogens with one attached hydrogen (secondary N) is 1. The maximum absolute atomic E-state index is 13.9. The molecular formula is C22H22N8O. The third-order valence-corrected chi connectivity index (χ3v) is 6.54. The van der Waals surface area contributed by atoms with Crippen LogP contribution in [0.15, 0.2) is 43.0 Å². The highest BCUT2D eigenvalue weighted by Gasteiger charge is 2.52. The van der Waals surface area contributed by atoms with Crippen LogP contribution in [0.5, 0.6) is 0 Å². The average molecular weight is 414 g/mol. The van der Waals surface area contributed by atoms with Crippen molar-refractivity contribution in [2.45, 2.75) is 18.3 Å². The molecule has 9 nitrogen and oxygen atoms in total. The number of imidazole rings is 1. The van der Waals surface area contributed by atoms with E-state index in [1.807, 2.05) is 43.1 Å². The first kappa shape index (κ1) is 18.2. The van der Waals surface area contributed by atoms with E-state index in [0.717, 1.165) is 48.6 Å². The van der Waals surface area contributed by atoms with Crippen molar-refractivity contribution >= 4 is 28.6 Å². The van der Waals surface area contributed by atoms with Crippen LogP contribution in [0.25, 0.3) is 22.6 Å². The Balaban J connectivity index is 1.56. The van der Waals surface area contributed by atoms with E-state index in [1.54, 1.807) is 15.8 Å². The van der Waals surface area contributed by atoms with Gasteiger partial charge in [0.1, 0.15) is 12.2 Å². The van der Waals surface area contributed by atoms with Crippen LogP contribution >= 0.6 is 0 Å². The molecule has 0 radical (unpaired) electrons. The predicted molar refractivity (Wildman–Crippen MR) is 116 cm³/mol. The minimum absolute atomic E-state index is 0.0729. The lowest BCUT2D eigenvalue weighted by molar-refractivity contribution is -0.123. The summed E-state index contributed by atoms with van der Waals surface area (Å²) in [5.74, 6) is 1.34. The maximum atomic E-state index is 13.9. The Labute approximate surface area is 178 Å². The summed E-state index contributed by atoms with van der Waals surface area (Å²) in [5.41, 5.74) is 3.63. The number of para-hydroxylation sites is 1. The highest BCUT2D eigenvalue weighted by molar-refractivity contribution is 6.15. The Bertz CT molecular complexity index is 1330. The van der Waals surface area contributed by atoms with Gasteiger partial charge in [0.15, 0.2) is 17.0 Å². The summed E-state index contributed by atoms with van der Waals surface area (Å²) >= 11 is 0. The SMILES string of the molecule is Cn1cc(-c2nc3c(N4C(=O)C5(CCNCC5)c5ccccc54)ncnc3n2C)cn1. The zero-order valence-electron chi connectivity index (χ0n) is 17.4. The summed E-state index contributed by atoms with van der Waals surface area (Å²) < 4.78 is 3.66. The van der Waals surface area contributed by atoms with Crippen molar-refractivity contribution in [3.63, 3.8) is 0 Å². The highest BCUT2D eigenvalue weighted by atomic mass is 16.2. The van der Waals surface area contributed by atoms with E-state index in [9.17, 15) is 4.79 Å². The molecule has 9 heteroatoms. The maximum Gasteiger partial charge on any atom is 0.243 e. The van der Waals surface area contributed by atoms with Gasteiger partial charge in [-0.3, -0.25) is 14.4 Å². The quantitative estimate of drug-likeness (QED) is 0.540. The molecule has 0 bridgehead atoms. The van der Waals surface area contributed by atoms with Crippen molar-refractivity contribution < 1.29 is 4.79 Å². The third kappa shape index (κ3) is 2.43. The van der Waals surface area contributed by atoms with Gasteiger partial charge in [-0.2, -0.15) is 5.10 Å². The molecule has 4 aromatic rings. The molecule has 1 aromatic carbocycles. The zero-order valence-corrected chi connectivity index (χ0v) is 17.4. The van der Waals surface area contributed by atoms with Crippen molar-refractivity contribution in [3.05, 3.63) is 48.5 Å². The molecule has 1 N–H and O–H groups in total. The normalized spacial score (nSPS) is 17.6. The number of amides is 1. The molecule has 1 fully saturated rings. The third-order valence-electron chi connectivity index (χ3n) is 6.54. The molecule has 2 aliphatic heterocycles. The summed E-state index contributed by atoms with van der Waals surface area (Å²) in [5, 5.41) is 7.64. The number of fused-ring (bicyclic) bond motifs is 3. The van der Waals surface area contributed by atoms with Crippen molar-refractivity contribution in [1.82, 2.24) is 34.6 Å². The molecule has 0 saturated carbocycles. The number of nitrogens with zero attached hydrogens (tertiary/aromatic N) is 7. The van der Waals surface area contributed by atoms with Gasteiger partial charge in [-0.15, -0.1) is 0 Å². The number of hydrogen-bond donors (Lipinski definition) is 1. The second-order valence-corrected chi connectivity index (χ2v) is 8.26. The summed E-state index contributed by atoms with van der Waals surface area (Å²) in [6.07, 6.45) is 6.74. The summed E-state index contributed by atoms with van der Waals surface area (Å²) in [7, 11) is 3.79. The summed E-state index contributed by atoms with van der Waals surface area (Å²) in [6.45, 7) is 1.64. The number of carbonyl (C=O) groups excluding carboxylic acids is 1. The smallest absolute Gasteiger partial charge is 0.243 e. The molecule has 31 heavy (non-hydrogen) atoms. The fourth-order valence-corrected chi connectivity index (χ4v) is 5.00. The van der Waals surface area contributed by atoms with E-state index < -0.39 is 5.41 Å². The van der Waals surface area contributed by atoms with Gasteiger partial charge in [0, 0.05) is 20.3 Å². The fourth-order valence-electron chi connectivity index (χ4n) is 5.00. The lowest BCUT2D eigenvalue weighted by atomic mass is 9.74. The number of carbonyl (C=O) groups is 1. The number of anilines is 2. The monoisotopic (exact) mass is 414 g/mol. The van der Waals surface area contributed by atoms with Crippen LogP contribution in [-0.4, -0.2) is 48.3 Å². The first-order chi connectivity index (χ1) is 15.1. The molecule has 3 aromatic heterocycles. The van der Waals surface area contributed by atoms with E-state index in [2.05, 4.69) is 26.4 Å². The molecule has 1 spiro atoms. The standard InChI is InChI=1S/C22H22N8O/c1-28-12-14(11-26-28)18-27-17-19(29(18)2)24-13-25-20(17)30-16-6-4-3-5-15(16)22(21(30)31)7-9-23-10-8-22/h3-6,11-13,23H,7-10H2,1-2H3. The second-order valence-electron chi connectivity index (χ2n) is 8.26. The molecule has 156 valence electrons. The zero-order chi connectivity index (χ0) is 21.2. The Morgan fingerprint density at radius 2 is 1.90 bits per heavy atom. The molecule has 0 unspecified atom stereocenters. The molecule has 1 saturated heterocycles. The lowest BCUT2D eigenvalue weighted by Crippen LogP contribution is -2.46. The van der Waals surface area contributed by atoms with E-state index in [1.165, 1.54) is 6.33 Å². The van der Waals surface area contributed by atoms with Crippen LogP contribution in [-0.2, 0) is 24.3 Å². The van der Waals surface area contributed by atoms with Gasteiger partial charge >= 0.3 is 0 Å². The topological polar surface area (TPSA) is 93.8 Å². The van der Waals surface area contributed by atoms with Gasteiger partial charge in [-0.1, -0.05) is 18.2 Å². The van der Waals surface area contributed by atoms with Crippen LogP contribution in [0.2, 0.25) is 0 Å². The van der Waals surface area contributed by atoms with E-state index >= 15 is 0 Å². The molecule has 5 heterocycles. The van der Waals surface area contributed by atoms with Gasteiger partial charge in [0.25, 0.3) is 0 Å². The van der Waals surface area contributed by atoms with Gasteiger partial charge in [-0.05, 0) is 37.6 Å². The van der Waals surface area contributed by atoms with E-state index in [4.69, 9.17) is 4.98 Å². The number of hydrogen-bond acceptors (Lipinski definition) is 6. The van der Waals surface area contributed by atoms with E-state index in [0.29, 0.717) is 17.0 Å². The van der Waals surface area contributed by atoms with Gasteiger partial charge in [0.05, 0.1) is 22.9 Å². The first-order valence-electron chi connectivity index (χ1n) is 10.4. The second kappa shape index (κ2) is 6.45. The van der Waals surface area contributed by atoms with Gasteiger partial charge < -0.3 is 9.88 Å². The van der Waals surface area contributed by atoms with Crippen LogP contribution in [0, 0.1) is 0 Å². The van der Waals surface area contributed by atoms with Crippen molar-refractivity contribution in [3.8, 4) is 11.4 Å². The van der Waals surface area contributed by atoms with Crippen molar-refractivity contribution in [2.75, 3.05) is 18.0 Å². The molecular weight excluding hydrogens is 392 g/mol. The van der Waals surface area contributed by atoms with E-state index in [-0.39, 0.29) is 5.91 Å².